The van der Waals surface area contributed by atoms with Crippen LogP contribution >= 0.6 is 0 Å². The molecule has 1 aromatic heterocycles. The van der Waals surface area contributed by atoms with E-state index in [1.54, 1.807) is 42.6 Å². The molecule has 4 aromatic rings. The Hall–Kier alpha value is -4.23. The standard InChI is InChI=1S/C28H24N2O4S/c31-27(30-26-15-7-11-24-12-8-19-29-28(24)26)17-16-23(21-22-9-3-1-4-10-22)18-20-35(32,33)34-25-13-5-2-6-14-25/h1-15,18-21H,16-17H2,(H,30,31)/b20-18+,23-21+. The summed E-state index contributed by atoms with van der Waals surface area (Å²) in [4.78, 5) is 17.1. The minimum Gasteiger partial charge on any atom is -0.379 e. The zero-order valence-corrected chi connectivity index (χ0v) is 19.7. The van der Waals surface area contributed by atoms with Crippen molar-refractivity contribution in [1.29, 1.82) is 0 Å². The lowest BCUT2D eigenvalue weighted by Crippen LogP contribution is -2.12. The normalized spacial score (nSPS) is 12.1. The van der Waals surface area contributed by atoms with Gasteiger partial charge in [0.1, 0.15) is 5.75 Å². The maximum absolute atomic E-state index is 12.7. The predicted molar refractivity (Wildman–Crippen MR) is 139 cm³/mol. The van der Waals surface area contributed by atoms with Crippen LogP contribution in [-0.4, -0.2) is 19.3 Å². The number of nitrogens with zero attached hydrogens (tertiary/aromatic N) is 1. The van der Waals surface area contributed by atoms with Crippen LogP contribution in [0, 0.1) is 0 Å². The molecule has 35 heavy (non-hydrogen) atoms. The van der Waals surface area contributed by atoms with Crippen LogP contribution in [0.2, 0.25) is 0 Å². The molecular weight excluding hydrogens is 460 g/mol. The van der Waals surface area contributed by atoms with Gasteiger partial charge in [-0.05, 0) is 47.9 Å². The Morgan fingerprint density at radius 1 is 0.857 bits per heavy atom. The van der Waals surface area contributed by atoms with E-state index in [1.165, 1.54) is 6.08 Å². The monoisotopic (exact) mass is 484 g/mol. The second kappa shape index (κ2) is 11.3. The lowest BCUT2D eigenvalue weighted by Gasteiger charge is -2.09. The van der Waals surface area contributed by atoms with Crippen LogP contribution in [0.15, 0.2) is 114 Å². The minimum absolute atomic E-state index is 0.159. The average Bonchev–Trinajstić information content (AvgIpc) is 2.87. The lowest BCUT2D eigenvalue weighted by molar-refractivity contribution is -0.116. The van der Waals surface area contributed by atoms with E-state index in [1.807, 2.05) is 60.7 Å². The number of aromatic nitrogens is 1. The summed E-state index contributed by atoms with van der Waals surface area (Å²) < 4.78 is 30.0. The van der Waals surface area contributed by atoms with E-state index in [-0.39, 0.29) is 18.1 Å². The van der Waals surface area contributed by atoms with Crippen LogP contribution in [0.25, 0.3) is 17.0 Å². The largest absolute Gasteiger partial charge is 0.379 e. The van der Waals surface area contributed by atoms with Crippen molar-refractivity contribution in [3.8, 4) is 5.75 Å². The third-order valence-electron chi connectivity index (χ3n) is 5.10. The Morgan fingerprint density at radius 3 is 2.34 bits per heavy atom. The summed E-state index contributed by atoms with van der Waals surface area (Å²) in [7, 11) is -3.96. The van der Waals surface area contributed by atoms with Gasteiger partial charge in [-0.25, -0.2) is 0 Å². The van der Waals surface area contributed by atoms with Gasteiger partial charge in [0.2, 0.25) is 5.91 Å². The maximum Gasteiger partial charge on any atom is 0.332 e. The third-order valence-corrected chi connectivity index (χ3v) is 6.00. The van der Waals surface area contributed by atoms with E-state index in [9.17, 15) is 13.2 Å². The Balaban J connectivity index is 1.48. The zero-order valence-electron chi connectivity index (χ0n) is 18.9. The maximum atomic E-state index is 12.7. The molecule has 0 unspecified atom stereocenters. The molecule has 0 aliphatic heterocycles. The quantitative estimate of drug-likeness (QED) is 0.234. The van der Waals surface area contributed by atoms with Crippen LogP contribution < -0.4 is 9.50 Å². The number of pyridine rings is 1. The molecule has 6 nitrogen and oxygen atoms in total. The molecule has 0 atom stereocenters. The number of nitrogens with one attached hydrogen (secondary N) is 1. The van der Waals surface area contributed by atoms with E-state index in [4.69, 9.17) is 4.18 Å². The van der Waals surface area contributed by atoms with Crippen molar-refractivity contribution in [2.24, 2.45) is 0 Å². The zero-order chi connectivity index (χ0) is 24.5. The van der Waals surface area contributed by atoms with E-state index in [2.05, 4.69) is 10.3 Å². The number of amides is 1. The first kappa shape index (κ1) is 23.9. The molecule has 0 aliphatic carbocycles. The molecule has 0 spiro atoms. The molecule has 0 bridgehead atoms. The number of para-hydroxylation sites is 2. The SMILES string of the molecule is O=C(CCC(/C=C/S(=O)(=O)Oc1ccccc1)=C\c1ccccc1)Nc1cccc2cccnc12. The van der Waals surface area contributed by atoms with Crippen molar-refractivity contribution in [1.82, 2.24) is 4.98 Å². The summed E-state index contributed by atoms with van der Waals surface area (Å²) in [5.74, 6) is 0.0349. The highest BCUT2D eigenvalue weighted by molar-refractivity contribution is 7.90. The predicted octanol–water partition coefficient (Wildman–Crippen LogP) is 5.96. The van der Waals surface area contributed by atoms with E-state index < -0.39 is 10.1 Å². The third kappa shape index (κ3) is 7.12. The number of carbonyl (C=O) groups excluding carboxylic acids is 1. The minimum atomic E-state index is -3.96. The van der Waals surface area contributed by atoms with E-state index in [0.29, 0.717) is 23.2 Å². The highest BCUT2D eigenvalue weighted by Crippen LogP contribution is 2.22. The molecule has 0 saturated heterocycles. The summed E-state index contributed by atoms with van der Waals surface area (Å²) >= 11 is 0. The number of benzene rings is 3. The fourth-order valence-corrected chi connectivity index (χ4v) is 4.23. The molecule has 1 heterocycles. The van der Waals surface area contributed by atoms with Crippen LogP contribution in [0.1, 0.15) is 18.4 Å². The molecule has 0 aliphatic rings. The Morgan fingerprint density at radius 2 is 1.57 bits per heavy atom. The first-order valence-corrected chi connectivity index (χ1v) is 12.5. The van der Waals surface area contributed by atoms with Gasteiger partial charge in [0.25, 0.3) is 0 Å². The Labute approximate surface area is 204 Å². The van der Waals surface area contributed by atoms with Gasteiger partial charge in [-0.2, -0.15) is 8.42 Å². The lowest BCUT2D eigenvalue weighted by atomic mass is 10.1. The van der Waals surface area contributed by atoms with Gasteiger partial charge in [-0.15, -0.1) is 0 Å². The van der Waals surface area contributed by atoms with Crippen LogP contribution in [-0.2, 0) is 14.9 Å². The van der Waals surface area contributed by atoms with Gasteiger partial charge in [0.15, 0.2) is 0 Å². The van der Waals surface area contributed by atoms with Crippen molar-refractivity contribution >= 4 is 38.7 Å². The summed E-state index contributed by atoms with van der Waals surface area (Å²) in [5.41, 5.74) is 2.92. The van der Waals surface area contributed by atoms with E-state index >= 15 is 0 Å². The molecule has 7 heteroatoms. The summed E-state index contributed by atoms with van der Waals surface area (Å²) in [6.07, 6.45) is 5.49. The van der Waals surface area contributed by atoms with Crippen molar-refractivity contribution in [3.05, 3.63) is 120 Å². The van der Waals surface area contributed by atoms with Crippen molar-refractivity contribution in [2.75, 3.05) is 5.32 Å². The van der Waals surface area contributed by atoms with Gasteiger partial charge in [-0.1, -0.05) is 72.8 Å². The van der Waals surface area contributed by atoms with Crippen molar-refractivity contribution < 1.29 is 17.4 Å². The summed E-state index contributed by atoms with van der Waals surface area (Å²) in [5, 5.41) is 4.86. The Bertz CT molecular complexity index is 1460. The molecule has 1 N–H and O–H groups in total. The average molecular weight is 485 g/mol. The molecule has 3 aromatic carbocycles. The van der Waals surface area contributed by atoms with Crippen LogP contribution in [0.4, 0.5) is 5.69 Å². The molecule has 0 fully saturated rings. The number of carbonyl (C=O) groups is 1. The van der Waals surface area contributed by atoms with E-state index in [0.717, 1.165) is 16.4 Å². The van der Waals surface area contributed by atoms with Crippen molar-refractivity contribution in [3.63, 3.8) is 0 Å². The highest BCUT2D eigenvalue weighted by atomic mass is 32.2. The first-order chi connectivity index (χ1) is 17.0. The van der Waals surface area contributed by atoms with Gasteiger partial charge < -0.3 is 9.50 Å². The smallest absolute Gasteiger partial charge is 0.332 e. The topological polar surface area (TPSA) is 85.4 Å². The molecule has 1 amide bonds. The van der Waals surface area contributed by atoms with Gasteiger partial charge in [0, 0.05) is 18.0 Å². The molecule has 0 saturated carbocycles. The molecule has 0 radical (unpaired) electrons. The molecule has 176 valence electrons. The second-order valence-electron chi connectivity index (χ2n) is 7.75. The molecular formula is C28H24N2O4S. The van der Waals surface area contributed by atoms with Gasteiger partial charge in [-0.3, -0.25) is 9.78 Å². The van der Waals surface area contributed by atoms with Gasteiger partial charge >= 0.3 is 10.1 Å². The number of hydrogen-bond donors (Lipinski definition) is 1. The number of allylic oxidation sites excluding steroid dienone is 2. The number of hydrogen-bond acceptors (Lipinski definition) is 5. The van der Waals surface area contributed by atoms with Crippen LogP contribution in [0.3, 0.4) is 0 Å². The van der Waals surface area contributed by atoms with Crippen molar-refractivity contribution in [2.45, 2.75) is 12.8 Å². The number of fused-ring (bicyclic) bond motifs is 1. The summed E-state index contributed by atoms with van der Waals surface area (Å²) in [6, 6.07) is 27.2. The first-order valence-electron chi connectivity index (χ1n) is 11.1. The summed E-state index contributed by atoms with van der Waals surface area (Å²) in [6.45, 7) is 0. The second-order valence-corrected chi connectivity index (χ2v) is 9.18. The number of anilines is 1. The van der Waals surface area contributed by atoms with Gasteiger partial charge in [0.05, 0.1) is 16.6 Å². The fraction of sp³-hybridized carbons (Fsp3) is 0.0714. The number of rotatable bonds is 9. The fourth-order valence-electron chi connectivity index (χ4n) is 3.45. The van der Waals surface area contributed by atoms with Crippen LogP contribution in [0.5, 0.6) is 5.75 Å². The Kier molecular flexibility index (Phi) is 7.70. The molecule has 4 rings (SSSR count). The highest BCUT2D eigenvalue weighted by Gasteiger charge is 2.10.